The number of hydrogen-bond acceptors (Lipinski definition) is 2. The second-order valence-corrected chi connectivity index (χ2v) is 1.96. The molecule has 11 heavy (non-hydrogen) atoms. The average Bonchev–Trinajstić information content (AvgIpc) is 1.80. The Balaban J connectivity index is 3.70. The molecule has 0 saturated carbocycles. The van der Waals surface area contributed by atoms with E-state index >= 15 is 0 Å². The molecule has 0 rings (SSSR count). The second-order valence-electron chi connectivity index (χ2n) is 1.96. The zero-order chi connectivity index (χ0) is 9.07. The van der Waals surface area contributed by atoms with E-state index in [0.717, 1.165) is 6.92 Å². The Hall–Kier alpha value is -0.780. The summed E-state index contributed by atoms with van der Waals surface area (Å²) < 4.78 is 38.9. The number of alkyl halides is 3. The predicted octanol–water partition coefficient (Wildman–Crippen LogP) is 0.439. The van der Waals surface area contributed by atoms with Crippen LogP contribution in [0.3, 0.4) is 0 Å². The first-order valence-corrected chi connectivity index (χ1v) is 2.80. The lowest BCUT2D eigenvalue weighted by atomic mass is 10.4. The van der Waals surface area contributed by atoms with Gasteiger partial charge >= 0.3 is 6.18 Å². The van der Waals surface area contributed by atoms with Crippen LogP contribution < -0.4 is 5.73 Å². The van der Waals surface area contributed by atoms with Gasteiger partial charge in [-0.3, -0.25) is 4.79 Å². The van der Waals surface area contributed by atoms with Crippen LogP contribution in [0.4, 0.5) is 13.2 Å². The molecule has 2 N–H and O–H groups in total. The molecule has 0 saturated heterocycles. The minimum absolute atomic E-state index is 0.708. The first-order chi connectivity index (χ1) is 4.84. The summed E-state index contributed by atoms with van der Waals surface area (Å²) in [7, 11) is 0. The molecule has 0 spiro atoms. The van der Waals surface area contributed by atoms with Gasteiger partial charge in [0.1, 0.15) is 6.61 Å². The van der Waals surface area contributed by atoms with E-state index in [4.69, 9.17) is 0 Å². The maximum absolute atomic E-state index is 11.6. The summed E-state index contributed by atoms with van der Waals surface area (Å²) in [5.41, 5.74) is 4.55. The summed E-state index contributed by atoms with van der Waals surface area (Å²) in [6, 6.07) is 0. The van der Waals surface area contributed by atoms with Crippen LogP contribution in [0, 0.1) is 0 Å². The number of nitrogens with two attached hydrogens (primary N) is 1. The smallest absolute Gasteiger partial charge is 0.368 e. The van der Waals surface area contributed by atoms with Crippen LogP contribution in [0.25, 0.3) is 0 Å². The van der Waals surface area contributed by atoms with E-state index in [9.17, 15) is 18.0 Å². The normalized spacial score (nSPS) is 14.5. The third-order valence-electron chi connectivity index (χ3n) is 0.937. The van der Waals surface area contributed by atoms with Crippen molar-refractivity contribution in [2.45, 2.75) is 19.2 Å². The quantitative estimate of drug-likeness (QED) is 0.669. The number of ether oxygens (including phenoxy) is 1. The van der Waals surface area contributed by atoms with Gasteiger partial charge in [0.2, 0.25) is 5.91 Å². The lowest BCUT2D eigenvalue weighted by Crippen LogP contribution is -2.32. The fraction of sp³-hybridized carbons (Fsp3) is 0.800. The molecule has 0 bridgehead atoms. The van der Waals surface area contributed by atoms with Crippen molar-refractivity contribution in [2.75, 3.05) is 6.61 Å². The number of amides is 1. The maximum Gasteiger partial charge on any atom is 0.414 e. The lowest BCUT2D eigenvalue weighted by molar-refractivity contribution is -0.213. The number of halogens is 3. The van der Waals surface area contributed by atoms with Gasteiger partial charge in [-0.05, 0) is 6.92 Å². The molecule has 0 aromatic carbocycles. The number of rotatable bonds is 3. The van der Waals surface area contributed by atoms with Gasteiger partial charge in [0.15, 0.2) is 6.10 Å². The van der Waals surface area contributed by atoms with Crippen molar-refractivity contribution in [1.29, 1.82) is 0 Å². The largest absolute Gasteiger partial charge is 0.414 e. The van der Waals surface area contributed by atoms with Crippen molar-refractivity contribution in [3.8, 4) is 0 Å². The lowest BCUT2D eigenvalue weighted by Gasteiger charge is -2.14. The minimum Gasteiger partial charge on any atom is -0.368 e. The van der Waals surface area contributed by atoms with E-state index in [1.54, 1.807) is 0 Å². The van der Waals surface area contributed by atoms with Gasteiger partial charge in [-0.15, -0.1) is 0 Å². The highest BCUT2D eigenvalue weighted by Gasteiger charge is 2.36. The summed E-state index contributed by atoms with van der Waals surface area (Å²) in [6.45, 7) is 0.101. The van der Waals surface area contributed by atoms with Crippen molar-refractivity contribution in [3.05, 3.63) is 0 Å². The highest BCUT2D eigenvalue weighted by Crippen LogP contribution is 2.21. The highest BCUT2D eigenvalue weighted by atomic mass is 19.4. The molecular weight excluding hydrogens is 163 g/mol. The van der Waals surface area contributed by atoms with Crippen LogP contribution in [-0.4, -0.2) is 24.8 Å². The monoisotopic (exact) mass is 171 g/mol. The van der Waals surface area contributed by atoms with E-state index in [1.807, 2.05) is 0 Å². The average molecular weight is 171 g/mol. The Labute approximate surface area is 61.3 Å². The standard InChI is InChI=1S/C5H8F3NO2/c1-3(5(6,7)8)11-2-4(9)10/h3H,2H2,1H3,(H2,9,10). The first-order valence-electron chi connectivity index (χ1n) is 2.80. The molecule has 1 atom stereocenters. The van der Waals surface area contributed by atoms with Crippen LogP contribution >= 0.6 is 0 Å². The topological polar surface area (TPSA) is 52.3 Å². The van der Waals surface area contributed by atoms with Crippen LogP contribution in [0.2, 0.25) is 0 Å². The first kappa shape index (κ1) is 10.2. The Morgan fingerprint density at radius 3 is 2.36 bits per heavy atom. The van der Waals surface area contributed by atoms with Crippen molar-refractivity contribution >= 4 is 5.91 Å². The Kier molecular flexibility index (Phi) is 3.31. The summed E-state index contributed by atoms with van der Waals surface area (Å²) in [4.78, 5) is 9.96. The van der Waals surface area contributed by atoms with E-state index in [0.29, 0.717) is 0 Å². The van der Waals surface area contributed by atoms with Crippen LogP contribution in [-0.2, 0) is 9.53 Å². The summed E-state index contributed by atoms with van der Waals surface area (Å²) in [6.07, 6.45) is -6.38. The van der Waals surface area contributed by atoms with Crippen LogP contribution in [0.15, 0.2) is 0 Å². The van der Waals surface area contributed by atoms with Gasteiger partial charge in [-0.2, -0.15) is 13.2 Å². The summed E-state index contributed by atoms with van der Waals surface area (Å²) in [5.74, 6) is -0.916. The van der Waals surface area contributed by atoms with Gasteiger partial charge in [0.05, 0.1) is 0 Å². The minimum atomic E-state index is -4.44. The summed E-state index contributed by atoms with van der Waals surface area (Å²) in [5, 5.41) is 0. The van der Waals surface area contributed by atoms with Crippen molar-refractivity contribution in [3.63, 3.8) is 0 Å². The van der Waals surface area contributed by atoms with Gasteiger partial charge in [0, 0.05) is 0 Å². The van der Waals surface area contributed by atoms with Gasteiger partial charge < -0.3 is 10.5 Å². The molecule has 0 aromatic heterocycles. The Bertz CT molecular complexity index is 145. The number of primary amides is 1. The fourth-order valence-electron chi connectivity index (χ4n) is 0.302. The molecule has 1 unspecified atom stereocenters. The molecular formula is C5H8F3NO2. The van der Waals surface area contributed by atoms with E-state index in [-0.39, 0.29) is 0 Å². The van der Waals surface area contributed by atoms with Crippen molar-refractivity contribution in [1.82, 2.24) is 0 Å². The fourth-order valence-corrected chi connectivity index (χ4v) is 0.302. The van der Waals surface area contributed by atoms with E-state index in [2.05, 4.69) is 10.5 Å². The Morgan fingerprint density at radius 2 is 2.09 bits per heavy atom. The van der Waals surface area contributed by atoms with Crippen molar-refractivity contribution < 1.29 is 22.7 Å². The summed E-state index contributed by atoms with van der Waals surface area (Å²) >= 11 is 0. The molecule has 0 heterocycles. The number of carbonyl (C=O) groups is 1. The SMILES string of the molecule is CC(OCC(N)=O)C(F)(F)F. The molecule has 0 aliphatic carbocycles. The predicted molar refractivity (Wildman–Crippen MR) is 30.7 cm³/mol. The van der Waals surface area contributed by atoms with E-state index < -0.39 is 24.8 Å². The third-order valence-corrected chi connectivity index (χ3v) is 0.937. The zero-order valence-electron chi connectivity index (χ0n) is 5.81. The van der Waals surface area contributed by atoms with Gasteiger partial charge in [-0.1, -0.05) is 0 Å². The number of carbonyl (C=O) groups excluding carboxylic acids is 1. The van der Waals surface area contributed by atoms with Crippen LogP contribution in [0.1, 0.15) is 6.92 Å². The third kappa shape index (κ3) is 4.60. The van der Waals surface area contributed by atoms with Gasteiger partial charge in [-0.25, -0.2) is 0 Å². The zero-order valence-corrected chi connectivity index (χ0v) is 5.81. The van der Waals surface area contributed by atoms with Crippen molar-refractivity contribution in [2.24, 2.45) is 5.73 Å². The molecule has 0 aliphatic rings. The second kappa shape index (κ2) is 3.56. The molecule has 3 nitrogen and oxygen atoms in total. The number of hydrogen-bond donors (Lipinski definition) is 1. The highest BCUT2D eigenvalue weighted by molar-refractivity contribution is 5.75. The maximum atomic E-state index is 11.6. The molecule has 1 amide bonds. The molecule has 66 valence electrons. The molecule has 0 aliphatic heterocycles. The Morgan fingerprint density at radius 1 is 1.64 bits per heavy atom. The van der Waals surface area contributed by atoms with Gasteiger partial charge in [0.25, 0.3) is 0 Å². The molecule has 0 fully saturated rings. The molecule has 0 radical (unpaired) electrons. The van der Waals surface area contributed by atoms with Crippen LogP contribution in [0.5, 0.6) is 0 Å². The molecule has 0 aromatic rings. The molecule has 6 heteroatoms. The van der Waals surface area contributed by atoms with E-state index in [1.165, 1.54) is 0 Å².